The Hall–Kier alpha value is -1.53. The van der Waals surface area contributed by atoms with Crippen molar-refractivity contribution in [2.24, 2.45) is 0 Å². The Morgan fingerprint density at radius 2 is 2.00 bits per heavy atom. The molecular weight excluding hydrogens is 354 g/mol. The van der Waals surface area contributed by atoms with Crippen molar-refractivity contribution < 1.29 is 13.2 Å². The first-order chi connectivity index (χ1) is 10.0. The van der Waals surface area contributed by atoms with E-state index >= 15 is 0 Å². The van der Waals surface area contributed by atoms with E-state index in [1.165, 1.54) is 0 Å². The minimum absolute atomic E-state index is 0.0794. The number of methoxy groups -OCH3 is 1. The predicted octanol–water partition coefficient (Wildman–Crippen LogP) is 3.40. The lowest BCUT2D eigenvalue weighted by atomic mass is 10.1. The van der Waals surface area contributed by atoms with E-state index in [1.54, 1.807) is 19.2 Å². The average Bonchev–Trinajstić information content (AvgIpc) is 2.71. The van der Waals surface area contributed by atoms with E-state index in [0.29, 0.717) is 4.90 Å². The van der Waals surface area contributed by atoms with Gasteiger partial charge in [0.1, 0.15) is 5.75 Å². The molecule has 1 heterocycles. The van der Waals surface area contributed by atoms with Crippen molar-refractivity contribution in [3.63, 3.8) is 0 Å². The maximum Gasteiger partial charge on any atom is 0.181 e. The molecule has 0 spiro atoms. The lowest BCUT2D eigenvalue weighted by Gasteiger charge is -2.15. The van der Waals surface area contributed by atoms with Crippen LogP contribution < -0.4 is 10.1 Å². The van der Waals surface area contributed by atoms with Gasteiger partial charge >= 0.3 is 0 Å². The number of anilines is 1. The second-order valence-corrected chi connectivity index (χ2v) is 7.72. The van der Waals surface area contributed by atoms with E-state index in [4.69, 9.17) is 4.74 Å². The van der Waals surface area contributed by atoms with Gasteiger partial charge in [-0.25, -0.2) is 8.42 Å². The van der Waals surface area contributed by atoms with E-state index in [-0.39, 0.29) is 11.8 Å². The summed E-state index contributed by atoms with van der Waals surface area (Å²) >= 11 is 3.43. The van der Waals surface area contributed by atoms with Crippen LogP contribution >= 0.6 is 15.9 Å². The van der Waals surface area contributed by atoms with Crippen LogP contribution in [0, 0.1) is 0 Å². The van der Waals surface area contributed by atoms with Crippen molar-refractivity contribution in [1.82, 2.24) is 0 Å². The van der Waals surface area contributed by atoms with Crippen LogP contribution in [0.3, 0.4) is 0 Å². The van der Waals surface area contributed by atoms with E-state index in [2.05, 4.69) is 21.2 Å². The summed E-state index contributed by atoms with van der Waals surface area (Å²) in [6.45, 7) is 0. The molecule has 110 valence electrons. The van der Waals surface area contributed by atoms with Gasteiger partial charge in [0.2, 0.25) is 0 Å². The highest BCUT2D eigenvalue weighted by molar-refractivity contribution is 9.10. The van der Waals surface area contributed by atoms with Gasteiger partial charge in [0.15, 0.2) is 9.84 Å². The van der Waals surface area contributed by atoms with E-state index in [9.17, 15) is 8.42 Å². The Morgan fingerprint density at radius 3 is 2.71 bits per heavy atom. The quantitative estimate of drug-likeness (QED) is 0.902. The molecule has 4 nitrogen and oxygen atoms in total. The Kier molecular flexibility index (Phi) is 3.67. The number of fused-ring (bicyclic) bond motifs is 1. The smallest absolute Gasteiger partial charge is 0.181 e. The van der Waals surface area contributed by atoms with Crippen LogP contribution in [0.5, 0.6) is 5.75 Å². The van der Waals surface area contributed by atoms with Gasteiger partial charge in [0, 0.05) is 5.69 Å². The van der Waals surface area contributed by atoms with Crippen molar-refractivity contribution in [2.75, 3.05) is 18.2 Å². The van der Waals surface area contributed by atoms with Crippen LogP contribution in [0.2, 0.25) is 0 Å². The Labute approximate surface area is 132 Å². The largest absolute Gasteiger partial charge is 0.496 e. The highest BCUT2D eigenvalue weighted by Gasteiger charge is 2.34. The number of halogens is 1. The van der Waals surface area contributed by atoms with Gasteiger partial charge in [0.05, 0.1) is 28.3 Å². The maximum absolute atomic E-state index is 12.2. The first-order valence-electron chi connectivity index (χ1n) is 6.43. The lowest BCUT2D eigenvalue weighted by Crippen LogP contribution is -2.12. The van der Waals surface area contributed by atoms with E-state index < -0.39 is 9.84 Å². The third-order valence-electron chi connectivity index (χ3n) is 3.51. The first kappa shape index (κ1) is 14.4. The predicted molar refractivity (Wildman–Crippen MR) is 85.6 cm³/mol. The van der Waals surface area contributed by atoms with Crippen LogP contribution in [0.4, 0.5) is 5.69 Å². The fraction of sp³-hybridized carbons (Fsp3) is 0.200. The van der Waals surface area contributed by atoms with E-state index in [1.807, 2.05) is 30.3 Å². The summed E-state index contributed by atoms with van der Waals surface area (Å²) in [6, 6.07) is 12.5. The molecule has 1 unspecified atom stereocenters. The van der Waals surface area contributed by atoms with Crippen LogP contribution in [-0.2, 0) is 9.84 Å². The van der Waals surface area contributed by atoms with Crippen molar-refractivity contribution in [3.05, 3.63) is 52.5 Å². The number of rotatable bonds is 3. The summed E-state index contributed by atoms with van der Waals surface area (Å²) in [4.78, 5) is 0.426. The van der Waals surface area contributed by atoms with Gasteiger partial charge < -0.3 is 10.1 Å². The molecule has 0 saturated carbocycles. The average molecular weight is 368 g/mol. The molecular formula is C15H14BrNO3S. The number of hydrogen-bond donors (Lipinski definition) is 1. The summed E-state index contributed by atoms with van der Waals surface area (Å²) in [5, 5.41) is 3.28. The fourth-order valence-electron chi connectivity index (χ4n) is 2.53. The van der Waals surface area contributed by atoms with Crippen LogP contribution in [-0.4, -0.2) is 21.3 Å². The van der Waals surface area contributed by atoms with Gasteiger partial charge in [-0.15, -0.1) is 0 Å². The second-order valence-electron chi connectivity index (χ2n) is 4.87. The SMILES string of the molecule is COc1ccc(NC2CS(=O)(=O)c3ccccc32)cc1Br. The molecule has 0 radical (unpaired) electrons. The van der Waals surface area contributed by atoms with Gasteiger partial charge in [-0.3, -0.25) is 0 Å². The molecule has 2 aromatic carbocycles. The molecule has 1 atom stereocenters. The molecule has 0 bridgehead atoms. The van der Waals surface area contributed by atoms with E-state index in [0.717, 1.165) is 21.5 Å². The Morgan fingerprint density at radius 1 is 1.24 bits per heavy atom. The van der Waals surface area contributed by atoms with Crippen molar-refractivity contribution in [1.29, 1.82) is 0 Å². The van der Waals surface area contributed by atoms with Crippen LogP contribution in [0.25, 0.3) is 0 Å². The zero-order chi connectivity index (χ0) is 15.0. The van der Waals surface area contributed by atoms with Gasteiger partial charge in [-0.2, -0.15) is 0 Å². The second kappa shape index (κ2) is 5.35. The highest BCUT2D eigenvalue weighted by Crippen LogP contribution is 2.36. The van der Waals surface area contributed by atoms with Gasteiger partial charge in [-0.05, 0) is 45.8 Å². The number of sulfone groups is 1. The number of nitrogens with one attached hydrogen (secondary N) is 1. The normalized spacial score (nSPS) is 19.0. The summed E-state index contributed by atoms with van der Waals surface area (Å²) in [5.41, 5.74) is 1.67. The minimum atomic E-state index is -3.20. The number of benzene rings is 2. The van der Waals surface area contributed by atoms with Crippen molar-refractivity contribution in [3.8, 4) is 5.75 Å². The zero-order valence-corrected chi connectivity index (χ0v) is 13.7. The molecule has 0 amide bonds. The fourth-order valence-corrected chi connectivity index (χ4v) is 4.80. The number of hydrogen-bond acceptors (Lipinski definition) is 4. The zero-order valence-electron chi connectivity index (χ0n) is 11.3. The summed E-state index contributed by atoms with van der Waals surface area (Å²) in [5.74, 6) is 0.815. The monoisotopic (exact) mass is 367 g/mol. The standard InChI is InChI=1S/C15H14BrNO3S/c1-20-14-7-6-10(8-12(14)16)17-13-9-21(18,19)15-5-3-2-4-11(13)15/h2-8,13,17H,9H2,1H3. The summed E-state index contributed by atoms with van der Waals surface area (Å²) < 4.78 is 30.3. The third-order valence-corrected chi connectivity index (χ3v) is 5.94. The summed E-state index contributed by atoms with van der Waals surface area (Å²) in [7, 11) is -1.59. The molecule has 6 heteroatoms. The molecule has 1 aliphatic heterocycles. The minimum Gasteiger partial charge on any atom is -0.496 e. The molecule has 0 saturated heterocycles. The van der Waals surface area contributed by atoms with Crippen molar-refractivity contribution in [2.45, 2.75) is 10.9 Å². The molecule has 0 aliphatic carbocycles. The summed E-state index contributed by atoms with van der Waals surface area (Å²) in [6.07, 6.45) is 0. The first-order valence-corrected chi connectivity index (χ1v) is 8.87. The molecule has 0 aromatic heterocycles. The Balaban J connectivity index is 1.92. The lowest BCUT2D eigenvalue weighted by molar-refractivity contribution is 0.412. The maximum atomic E-state index is 12.2. The highest BCUT2D eigenvalue weighted by atomic mass is 79.9. The topological polar surface area (TPSA) is 55.4 Å². The van der Waals surface area contributed by atoms with Gasteiger partial charge in [-0.1, -0.05) is 18.2 Å². The van der Waals surface area contributed by atoms with Crippen LogP contribution in [0.1, 0.15) is 11.6 Å². The number of ether oxygens (including phenoxy) is 1. The van der Waals surface area contributed by atoms with Crippen molar-refractivity contribution >= 4 is 31.5 Å². The molecule has 0 fully saturated rings. The molecule has 1 aliphatic rings. The molecule has 21 heavy (non-hydrogen) atoms. The van der Waals surface area contributed by atoms with Crippen LogP contribution in [0.15, 0.2) is 51.8 Å². The van der Waals surface area contributed by atoms with Gasteiger partial charge in [0.25, 0.3) is 0 Å². The molecule has 1 N–H and O–H groups in total. The Bertz CT molecular complexity index is 789. The molecule has 2 aromatic rings. The third kappa shape index (κ3) is 2.65. The molecule has 3 rings (SSSR count).